The molecule has 0 bridgehead atoms. The van der Waals surface area contributed by atoms with Crippen LogP contribution in [0.15, 0.2) is 67.0 Å². The third kappa shape index (κ3) is 3.87. The molecule has 0 saturated carbocycles. The first-order valence-electron chi connectivity index (χ1n) is 9.29. The van der Waals surface area contributed by atoms with Gasteiger partial charge < -0.3 is 18.3 Å². The minimum Gasteiger partial charge on any atom is -0.497 e. The average Bonchev–Trinajstić information content (AvgIpc) is 2.73. The van der Waals surface area contributed by atoms with Gasteiger partial charge in [-0.3, -0.25) is 0 Å². The zero-order valence-corrected chi connectivity index (χ0v) is 16.2. The summed E-state index contributed by atoms with van der Waals surface area (Å²) in [5, 5.41) is 1.67. The van der Waals surface area contributed by atoms with E-state index in [1.807, 2.05) is 36.4 Å². The third-order valence-corrected chi connectivity index (χ3v) is 4.92. The fourth-order valence-electron chi connectivity index (χ4n) is 3.34. The molecule has 4 rings (SSSR count). The van der Waals surface area contributed by atoms with E-state index in [-0.39, 0.29) is 11.3 Å². The second-order valence-corrected chi connectivity index (χ2v) is 6.78. The van der Waals surface area contributed by atoms with Crippen LogP contribution in [-0.4, -0.2) is 14.2 Å². The van der Waals surface area contributed by atoms with E-state index in [0.29, 0.717) is 53.1 Å². The van der Waals surface area contributed by atoms with Crippen molar-refractivity contribution in [3.63, 3.8) is 0 Å². The largest absolute Gasteiger partial charge is 0.497 e. The highest BCUT2D eigenvalue weighted by Gasteiger charge is 2.10. The van der Waals surface area contributed by atoms with Crippen molar-refractivity contribution in [2.24, 2.45) is 0 Å². The fraction of sp³-hybridized carbons (Fsp3) is 0.217. The van der Waals surface area contributed by atoms with Crippen molar-refractivity contribution >= 4 is 21.9 Å². The predicted octanol–water partition coefficient (Wildman–Crippen LogP) is 4.09. The van der Waals surface area contributed by atoms with E-state index >= 15 is 0 Å². The van der Waals surface area contributed by atoms with Gasteiger partial charge in [0, 0.05) is 34.0 Å². The van der Waals surface area contributed by atoms with Gasteiger partial charge in [-0.05, 0) is 55.7 Å². The molecule has 0 fully saturated rings. The second kappa shape index (κ2) is 7.83. The Morgan fingerprint density at radius 1 is 0.690 bits per heavy atom. The lowest BCUT2D eigenvalue weighted by Crippen LogP contribution is -2.10. The van der Waals surface area contributed by atoms with E-state index < -0.39 is 0 Å². The summed E-state index contributed by atoms with van der Waals surface area (Å²) in [7, 11) is 3.13. The average molecular weight is 392 g/mol. The Labute approximate surface area is 166 Å². The van der Waals surface area contributed by atoms with Gasteiger partial charge >= 0.3 is 11.3 Å². The first-order chi connectivity index (χ1) is 14.1. The predicted molar refractivity (Wildman–Crippen MR) is 110 cm³/mol. The first-order valence-corrected chi connectivity index (χ1v) is 9.29. The summed E-state index contributed by atoms with van der Waals surface area (Å²) in [6.07, 6.45) is 1.63. The summed E-state index contributed by atoms with van der Waals surface area (Å²) in [4.78, 5) is 24.6. The van der Waals surface area contributed by atoms with Crippen LogP contribution in [0.3, 0.4) is 0 Å². The van der Waals surface area contributed by atoms with Crippen LogP contribution in [-0.2, 0) is 12.8 Å². The van der Waals surface area contributed by atoms with Crippen LogP contribution in [0.1, 0.15) is 17.5 Å². The van der Waals surface area contributed by atoms with Gasteiger partial charge in [-0.1, -0.05) is 0 Å². The molecule has 4 aromatic rings. The van der Waals surface area contributed by atoms with Gasteiger partial charge in [-0.2, -0.15) is 0 Å². The van der Waals surface area contributed by atoms with Crippen molar-refractivity contribution in [3.05, 3.63) is 80.5 Å². The Hall–Kier alpha value is -3.54. The number of aryl methyl sites for hydroxylation is 2. The molecule has 0 aliphatic carbocycles. The Balaban J connectivity index is 1.52. The molecular weight excluding hydrogens is 372 g/mol. The molecule has 0 unspecified atom stereocenters. The standard InChI is InChI=1S/C23H20O6/c1-26-18-8-6-14-10-16(22(24)28-20(14)12-18)4-3-5-17-11-15-7-9-19(27-2)13-21(15)29-23(17)25/h6-13H,3-5H2,1-2H3. The lowest BCUT2D eigenvalue weighted by Gasteiger charge is -2.05. The van der Waals surface area contributed by atoms with Crippen LogP contribution in [0.25, 0.3) is 21.9 Å². The van der Waals surface area contributed by atoms with E-state index in [1.54, 1.807) is 26.4 Å². The van der Waals surface area contributed by atoms with Gasteiger partial charge in [-0.25, -0.2) is 9.59 Å². The number of ether oxygens (including phenoxy) is 2. The van der Waals surface area contributed by atoms with E-state index in [0.717, 1.165) is 10.8 Å². The van der Waals surface area contributed by atoms with Crippen LogP contribution < -0.4 is 20.7 Å². The molecule has 0 radical (unpaired) electrons. The summed E-state index contributed by atoms with van der Waals surface area (Å²) in [5.74, 6) is 1.27. The first kappa shape index (κ1) is 18.8. The maximum absolute atomic E-state index is 12.3. The molecule has 2 aromatic carbocycles. The lowest BCUT2D eigenvalue weighted by molar-refractivity contribution is 0.414. The number of rotatable bonds is 6. The van der Waals surface area contributed by atoms with Crippen molar-refractivity contribution in [1.82, 2.24) is 0 Å². The highest BCUT2D eigenvalue weighted by atomic mass is 16.5. The summed E-state index contributed by atoms with van der Waals surface area (Å²) in [6.45, 7) is 0. The van der Waals surface area contributed by atoms with Crippen LogP contribution in [0.4, 0.5) is 0 Å². The Morgan fingerprint density at radius 2 is 1.14 bits per heavy atom. The van der Waals surface area contributed by atoms with Gasteiger partial charge in [0.1, 0.15) is 22.7 Å². The van der Waals surface area contributed by atoms with Crippen molar-refractivity contribution in [2.75, 3.05) is 14.2 Å². The molecule has 2 aromatic heterocycles. The van der Waals surface area contributed by atoms with Crippen molar-refractivity contribution in [3.8, 4) is 11.5 Å². The molecule has 0 spiro atoms. The zero-order chi connectivity index (χ0) is 20.4. The highest BCUT2D eigenvalue weighted by molar-refractivity contribution is 5.79. The molecule has 0 N–H and O–H groups in total. The minimum atomic E-state index is -0.372. The summed E-state index contributed by atoms with van der Waals surface area (Å²) in [5.41, 5.74) is 1.40. The summed E-state index contributed by atoms with van der Waals surface area (Å²) >= 11 is 0. The molecule has 0 amide bonds. The van der Waals surface area contributed by atoms with Crippen LogP contribution >= 0.6 is 0 Å². The van der Waals surface area contributed by atoms with E-state index in [4.69, 9.17) is 18.3 Å². The normalized spacial score (nSPS) is 11.1. The third-order valence-electron chi connectivity index (χ3n) is 4.92. The molecule has 0 saturated heterocycles. The number of benzene rings is 2. The van der Waals surface area contributed by atoms with Gasteiger partial charge in [0.2, 0.25) is 0 Å². The molecule has 0 aliphatic heterocycles. The number of hydrogen-bond acceptors (Lipinski definition) is 6. The Morgan fingerprint density at radius 3 is 1.55 bits per heavy atom. The lowest BCUT2D eigenvalue weighted by atomic mass is 10.0. The smallest absolute Gasteiger partial charge is 0.339 e. The Bertz CT molecular complexity index is 1200. The summed E-state index contributed by atoms with van der Waals surface area (Å²) < 4.78 is 21.1. The molecule has 2 heterocycles. The number of methoxy groups -OCH3 is 2. The topological polar surface area (TPSA) is 78.9 Å². The SMILES string of the molecule is COc1ccc2cc(CCCc3cc4ccc(OC)cc4oc3=O)c(=O)oc2c1. The minimum absolute atomic E-state index is 0.372. The molecule has 6 nitrogen and oxygen atoms in total. The molecule has 6 heteroatoms. The highest BCUT2D eigenvalue weighted by Crippen LogP contribution is 2.22. The quantitative estimate of drug-likeness (QED) is 0.460. The van der Waals surface area contributed by atoms with E-state index in [2.05, 4.69) is 0 Å². The van der Waals surface area contributed by atoms with Gasteiger partial charge in [0.15, 0.2) is 0 Å². The summed E-state index contributed by atoms with van der Waals surface area (Å²) in [6, 6.07) is 14.4. The molecule has 0 atom stereocenters. The second-order valence-electron chi connectivity index (χ2n) is 6.78. The maximum atomic E-state index is 12.3. The van der Waals surface area contributed by atoms with Gasteiger partial charge in [0.05, 0.1) is 14.2 Å². The van der Waals surface area contributed by atoms with Crippen LogP contribution in [0.2, 0.25) is 0 Å². The van der Waals surface area contributed by atoms with Crippen molar-refractivity contribution < 1.29 is 18.3 Å². The fourth-order valence-corrected chi connectivity index (χ4v) is 3.34. The van der Waals surface area contributed by atoms with Crippen molar-refractivity contribution in [2.45, 2.75) is 19.3 Å². The molecule has 0 aliphatic rings. The monoisotopic (exact) mass is 392 g/mol. The van der Waals surface area contributed by atoms with Gasteiger partial charge in [0.25, 0.3) is 0 Å². The number of hydrogen-bond donors (Lipinski definition) is 0. The zero-order valence-electron chi connectivity index (χ0n) is 16.2. The van der Waals surface area contributed by atoms with E-state index in [1.165, 1.54) is 0 Å². The Kier molecular flexibility index (Phi) is 5.08. The molecule has 148 valence electrons. The van der Waals surface area contributed by atoms with Crippen molar-refractivity contribution in [1.29, 1.82) is 0 Å². The van der Waals surface area contributed by atoms with E-state index in [9.17, 15) is 9.59 Å². The molecule has 29 heavy (non-hydrogen) atoms. The number of fused-ring (bicyclic) bond motifs is 2. The maximum Gasteiger partial charge on any atom is 0.339 e. The van der Waals surface area contributed by atoms with Crippen LogP contribution in [0, 0.1) is 0 Å². The molecular formula is C23H20O6. The van der Waals surface area contributed by atoms with Crippen LogP contribution in [0.5, 0.6) is 11.5 Å². The van der Waals surface area contributed by atoms with Gasteiger partial charge in [-0.15, -0.1) is 0 Å².